The van der Waals surface area contributed by atoms with Crippen molar-refractivity contribution in [2.45, 2.75) is 39.9 Å². The van der Waals surface area contributed by atoms with Crippen LogP contribution in [0.5, 0.6) is 0 Å². The highest BCUT2D eigenvalue weighted by Crippen LogP contribution is 2.15. The third-order valence-electron chi connectivity index (χ3n) is 5.17. The van der Waals surface area contributed by atoms with Crippen molar-refractivity contribution >= 4 is 17.6 Å². The van der Waals surface area contributed by atoms with E-state index in [0.29, 0.717) is 30.1 Å². The first-order valence-electron chi connectivity index (χ1n) is 10.8. The van der Waals surface area contributed by atoms with Gasteiger partial charge < -0.3 is 19.5 Å². The molecule has 1 N–H and O–H groups in total. The number of hydrogen-bond donors (Lipinski definition) is 1. The van der Waals surface area contributed by atoms with Crippen molar-refractivity contribution in [3.05, 3.63) is 89.4 Å². The van der Waals surface area contributed by atoms with Crippen molar-refractivity contribution in [2.75, 3.05) is 11.9 Å². The summed E-state index contributed by atoms with van der Waals surface area (Å²) in [5.74, 6) is 1.29. The van der Waals surface area contributed by atoms with E-state index in [1.807, 2.05) is 69.3 Å². The van der Waals surface area contributed by atoms with Gasteiger partial charge in [-0.15, -0.1) is 0 Å². The van der Waals surface area contributed by atoms with E-state index in [2.05, 4.69) is 5.32 Å². The molecule has 0 saturated carbocycles. The van der Waals surface area contributed by atoms with Crippen LogP contribution < -0.4 is 5.32 Å². The molecule has 7 nitrogen and oxygen atoms in total. The minimum atomic E-state index is -0.378. The number of carbonyl (C=O) groups is 2. The summed E-state index contributed by atoms with van der Waals surface area (Å²) in [6.07, 6.45) is 0. The number of aryl methyl sites for hydroxylation is 1. The second-order valence-corrected chi connectivity index (χ2v) is 8.09. The van der Waals surface area contributed by atoms with Crippen LogP contribution in [0, 0.1) is 18.3 Å². The molecule has 2 aromatic carbocycles. The predicted molar refractivity (Wildman–Crippen MR) is 126 cm³/mol. The molecule has 0 aliphatic heterocycles. The molecule has 0 fully saturated rings. The number of nitriles is 1. The predicted octanol–water partition coefficient (Wildman–Crippen LogP) is 4.93. The third kappa shape index (κ3) is 6.71. The molecule has 0 spiro atoms. The van der Waals surface area contributed by atoms with Crippen molar-refractivity contribution in [3.63, 3.8) is 0 Å². The summed E-state index contributed by atoms with van der Waals surface area (Å²) in [5.41, 5.74) is 2.06. The van der Waals surface area contributed by atoms with E-state index < -0.39 is 0 Å². The highest BCUT2D eigenvalue weighted by molar-refractivity contribution is 5.92. The first kappa shape index (κ1) is 23.6. The minimum Gasteiger partial charge on any atom is -0.464 e. The lowest BCUT2D eigenvalue weighted by atomic mass is 10.2. The van der Waals surface area contributed by atoms with E-state index in [1.165, 1.54) is 4.90 Å². The molecule has 1 heterocycles. The molecule has 0 aliphatic rings. The Morgan fingerprint density at radius 1 is 1.00 bits per heavy atom. The Kier molecular flexibility index (Phi) is 7.87. The number of amides is 3. The van der Waals surface area contributed by atoms with E-state index in [-0.39, 0.29) is 24.5 Å². The van der Waals surface area contributed by atoms with Gasteiger partial charge in [0.05, 0.1) is 18.2 Å². The van der Waals surface area contributed by atoms with Crippen LogP contribution >= 0.6 is 0 Å². The summed E-state index contributed by atoms with van der Waals surface area (Å²) in [5, 5.41) is 11.8. The van der Waals surface area contributed by atoms with E-state index in [9.17, 15) is 9.59 Å². The maximum atomic E-state index is 13.3. The van der Waals surface area contributed by atoms with E-state index in [1.54, 1.807) is 29.2 Å². The monoisotopic (exact) mass is 444 g/mol. The van der Waals surface area contributed by atoms with Crippen molar-refractivity contribution in [1.82, 2.24) is 9.80 Å². The Morgan fingerprint density at radius 3 is 2.27 bits per heavy atom. The molecular weight excluding hydrogens is 416 g/mol. The SMILES string of the molecule is Cc1ccc(CN(Cc2ccccc2)C(=O)CN(C(=O)Nc2ccc(C#N)cc2)C(C)C)o1. The van der Waals surface area contributed by atoms with Crippen molar-refractivity contribution in [1.29, 1.82) is 5.26 Å². The molecule has 0 atom stereocenters. The average Bonchev–Trinajstić information content (AvgIpc) is 3.22. The summed E-state index contributed by atoms with van der Waals surface area (Å²) < 4.78 is 5.69. The van der Waals surface area contributed by atoms with Crippen LogP contribution in [0.1, 0.15) is 36.5 Å². The van der Waals surface area contributed by atoms with Gasteiger partial charge in [-0.05, 0) is 62.7 Å². The largest absolute Gasteiger partial charge is 0.464 e. The summed E-state index contributed by atoms with van der Waals surface area (Å²) >= 11 is 0. The number of rotatable bonds is 8. The van der Waals surface area contributed by atoms with Crippen LogP contribution in [0.2, 0.25) is 0 Å². The lowest BCUT2D eigenvalue weighted by molar-refractivity contribution is -0.133. The van der Waals surface area contributed by atoms with Gasteiger partial charge in [-0.25, -0.2) is 4.79 Å². The summed E-state index contributed by atoms with van der Waals surface area (Å²) in [4.78, 5) is 29.5. The lowest BCUT2D eigenvalue weighted by Gasteiger charge is -2.30. The molecule has 3 aromatic rings. The van der Waals surface area contributed by atoms with Crippen LogP contribution in [0.4, 0.5) is 10.5 Å². The van der Waals surface area contributed by atoms with E-state index in [4.69, 9.17) is 9.68 Å². The normalized spacial score (nSPS) is 10.5. The molecule has 1 aromatic heterocycles. The molecule has 7 heteroatoms. The zero-order valence-corrected chi connectivity index (χ0v) is 19.1. The number of carbonyl (C=O) groups excluding carboxylic acids is 2. The molecule has 0 aliphatic carbocycles. The second kappa shape index (κ2) is 11.0. The van der Waals surface area contributed by atoms with Crippen LogP contribution in [0.15, 0.2) is 71.1 Å². The van der Waals surface area contributed by atoms with E-state index >= 15 is 0 Å². The van der Waals surface area contributed by atoms with Gasteiger partial charge in [0.25, 0.3) is 0 Å². The molecule has 0 saturated heterocycles. The van der Waals surface area contributed by atoms with Crippen LogP contribution in [-0.4, -0.2) is 34.3 Å². The van der Waals surface area contributed by atoms with Crippen LogP contribution in [0.3, 0.4) is 0 Å². The first-order chi connectivity index (χ1) is 15.9. The Morgan fingerprint density at radius 2 is 1.70 bits per heavy atom. The van der Waals surface area contributed by atoms with Gasteiger partial charge in [-0.3, -0.25) is 4.79 Å². The summed E-state index contributed by atoms with van der Waals surface area (Å²) in [7, 11) is 0. The smallest absolute Gasteiger partial charge is 0.322 e. The Labute approximate surface area is 194 Å². The molecule has 33 heavy (non-hydrogen) atoms. The Hall–Kier alpha value is -4.05. The van der Waals surface area contributed by atoms with Crippen molar-refractivity contribution < 1.29 is 14.0 Å². The van der Waals surface area contributed by atoms with Gasteiger partial charge in [0.1, 0.15) is 18.1 Å². The van der Waals surface area contributed by atoms with Crippen molar-refractivity contribution in [3.8, 4) is 6.07 Å². The number of anilines is 1. The fraction of sp³-hybridized carbons (Fsp3) is 0.269. The number of nitrogens with zero attached hydrogens (tertiary/aromatic N) is 3. The first-order valence-corrected chi connectivity index (χ1v) is 10.8. The zero-order valence-electron chi connectivity index (χ0n) is 19.1. The average molecular weight is 445 g/mol. The molecule has 0 bridgehead atoms. The number of hydrogen-bond acceptors (Lipinski definition) is 4. The van der Waals surface area contributed by atoms with Gasteiger partial charge in [-0.1, -0.05) is 30.3 Å². The molecule has 170 valence electrons. The maximum Gasteiger partial charge on any atom is 0.322 e. The standard InChI is InChI=1S/C26H28N4O3/c1-19(2)30(26(32)28-23-12-10-21(15-27)11-13-23)18-25(31)29(16-22-7-5-4-6-8-22)17-24-14-9-20(3)33-24/h4-14,19H,16-18H2,1-3H3,(H,28,32). The summed E-state index contributed by atoms with van der Waals surface area (Å²) in [6, 6.07) is 21.5. The number of nitrogens with one attached hydrogen (secondary N) is 1. The Bertz CT molecular complexity index is 1110. The molecule has 0 radical (unpaired) electrons. The van der Waals surface area contributed by atoms with Gasteiger partial charge in [0.15, 0.2) is 0 Å². The molecular formula is C26H28N4O3. The Balaban J connectivity index is 1.74. The van der Waals surface area contributed by atoms with Crippen LogP contribution in [-0.2, 0) is 17.9 Å². The molecule has 3 rings (SSSR count). The highest BCUT2D eigenvalue weighted by atomic mass is 16.3. The number of furan rings is 1. The van der Waals surface area contributed by atoms with Crippen LogP contribution in [0.25, 0.3) is 0 Å². The van der Waals surface area contributed by atoms with Gasteiger partial charge in [-0.2, -0.15) is 5.26 Å². The quantitative estimate of drug-likeness (QED) is 0.533. The highest BCUT2D eigenvalue weighted by Gasteiger charge is 2.24. The maximum absolute atomic E-state index is 13.3. The molecule has 3 amide bonds. The fourth-order valence-corrected chi connectivity index (χ4v) is 3.35. The number of urea groups is 1. The topological polar surface area (TPSA) is 89.6 Å². The van der Waals surface area contributed by atoms with Crippen molar-refractivity contribution in [2.24, 2.45) is 0 Å². The molecule has 0 unspecified atom stereocenters. The van der Waals surface area contributed by atoms with Gasteiger partial charge in [0, 0.05) is 18.3 Å². The van der Waals surface area contributed by atoms with E-state index in [0.717, 1.165) is 11.3 Å². The zero-order chi connectivity index (χ0) is 23.8. The summed E-state index contributed by atoms with van der Waals surface area (Å²) in [6.45, 7) is 6.23. The van der Waals surface area contributed by atoms with Gasteiger partial charge in [0.2, 0.25) is 5.91 Å². The fourth-order valence-electron chi connectivity index (χ4n) is 3.35. The third-order valence-corrected chi connectivity index (χ3v) is 5.17. The van der Waals surface area contributed by atoms with Gasteiger partial charge >= 0.3 is 6.03 Å². The number of benzene rings is 2. The lowest BCUT2D eigenvalue weighted by Crippen LogP contribution is -2.47. The second-order valence-electron chi connectivity index (χ2n) is 8.09. The minimum absolute atomic E-state index is 0.0771.